The fraction of sp³-hybridized carbons (Fsp3) is 0.375. The number of hydrogen-bond acceptors (Lipinski definition) is 4. The Hall–Kier alpha value is -1.39. The molecule has 0 unspecified atom stereocenters. The van der Waals surface area contributed by atoms with E-state index in [9.17, 15) is 9.59 Å². The minimum absolute atomic E-state index is 0.193. The first-order valence-electron chi connectivity index (χ1n) is 4.13. The van der Waals surface area contributed by atoms with Gasteiger partial charge in [-0.1, -0.05) is 6.92 Å². The zero-order valence-corrected chi connectivity index (χ0v) is 7.33. The molecule has 0 spiro atoms. The molecular formula is C8H9BO4. The number of rotatable bonds is 1. The lowest BCUT2D eigenvalue weighted by Gasteiger charge is -2.24. The van der Waals surface area contributed by atoms with Crippen LogP contribution in [0.2, 0.25) is 0 Å². The maximum absolute atomic E-state index is 11.0. The highest BCUT2D eigenvalue weighted by molar-refractivity contribution is 6.85. The van der Waals surface area contributed by atoms with Gasteiger partial charge in [0.05, 0.1) is 0 Å². The average Bonchev–Trinajstić information content (AvgIpc) is 2.40. The molecule has 4 nitrogen and oxygen atoms in total. The summed E-state index contributed by atoms with van der Waals surface area (Å²) in [5.41, 5.74) is 0.603. The fourth-order valence-corrected chi connectivity index (χ4v) is 1.90. The number of allylic oxidation sites excluding steroid dienone is 1. The molecule has 0 bridgehead atoms. The number of hydrogen-bond donors (Lipinski definition) is 0. The predicted molar refractivity (Wildman–Crippen MR) is 45.2 cm³/mol. The van der Waals surface area contributed by atoms with Crippen molar-refractivity contribution in [2.45, 2.75) is 19.8 Å². The highest BCUT2D eigenvalue weighted by Gasteiger charge is 2.65. The maximum atomic E-state index is 11.0. The van der Waals surface area contributed by atoms with Crippen LogP contribution in [0.25, 0.3) is 0 Å². The molecule has 2 heterocycles. The lowest BCUT2D eigenvalue weighted by molar-refractivity contribution is -0.138. The molecule has 0 aliphatic carbocycles. The molecular weight excluding hydrogens is 171 g/mol. The normalized spacial score (nSPS) is 23.9. The standard InChI is InChI=1S/C8H9BO4/c1-5(2)9-6(3-7(10)12-9)4-8(11)13-9/h1,3-4H2,2H3. The monoisotopic (exact) mass is 180 g/mol. The highest BCUT2D eigenvalue weighted by atomic mass is 16.7. The molecule has 0 amide bonds. The van der Waals surface area contributed by atoms with Crippen molar-refractivity contribution in [2.24, 2.45) is 0 Å². The molecule has 0 radical (unpaired) electrons. The Morgan fingerprint density at radius 2 is 1.85 bits per heavy atom. The first-order chi connectivity index (χ1) is 6.04. The number of carbonyl (C=O) groups is 2. The zero-order chi connectivity index (χ0) is 9.64. The summed E-state index contributed by atoms with van der Waals surface area (Å²) in [5, 5.41) is 0. The Kier molecular flexibility index (Phi) is 1.46. The Labute approximate surface area is 75.9 Å². The van der Waals surface area contributed by atoms with Crippen LogP contribution in [0.5, 0.6) is 0 Å². The van der Waals surface area contributed by atoms with Gasteiger partial charge in [0.15, 0.2) is 0 Å². The third-order valence-electron chi connectivity index (χ3n) is 2.52. The van der Waals surface area contributed by atoms with Crippen LogP contribution in [0.3, 0.4) is 0 Å². The molecule has 2 aliphatic rings. The summed E-state index contributed by atoms with van der Waals surface area (Å²) in [5.74, 6) is 0.0819. The van der Waals surface area contributed by atoms with E-state index < -0.39 is 6.55 Å². The van der Waals surface area contributed by atoms with Crippen LogP contribution in [0.1, 0.15) is 19.8 Å². The first-order valence-corrected chi connectivity index (χ1v) is 4.13. The molecule has 5 heteroatoms. The van der Waals surface area contributed by atoms with Gasteiger partial charge in [-0.2, -0.15) is 0 Å². The summed E-state index contributed by atoms with van der Waals surface area (Å²) in [6, 6.07) is 0. The molecule has 2 fully saturated rings. The summed E-state index contributed by atoms with van der Waals surface area (Å²) in [4.78, 5) is 22.0. The van der Waals surface area contributed by atoms with Crippen LogP contribution in [-0.4, -0.2) is 18.5 Å². The molecule has 68 valence electrons. The second-order valence-corrected chi connectivity index (χ2v) is 3.55. The van der Waals surface area contributed by atoms with E-state index in [0.29, 0.717) is 5.47 Å². The summed E-state index contributed by atoms with van der Waals surface area (Å²) >= 11 is 0. The van der Waals surface area contributed by atoms with Crippen LogP contribution in [-0.2, 0) is 18.9 Å². The van der Waals surface area contributed by atoms with Gasteiger partial charge in [-0.15, -0.1) is 12.1 Å². The van der Waals surface area contributed by atoms with Gasteiger partial charge in [0.2, 0.25) is 0 Å². The Morgan fingerprint density at radius 1 is 1.38 bits per heavy atom. The minimum atomic E-state index is -1.93. The van der Waals surface area contributed by atoms with Crippen molar-refractivity contribution >= 4 is 18.5 Å². The van der Waals surface area contributed by atoms with Gasteiger partial charge in [0, 0.05) is 5.82 Å². The molecule has 13 heavy (non-hydrogen) atoms. The van der Waals surface area contributed by atoms with Crippen molar-refractivity contribution in [3.63, 3.8) is 0 Å². The SMILES string of the molecule is C=C(C)[B-]12OC(=O)C[C+]1CC(=O)O2. The lowest BCUT2D eigenvalue weighted by Crippen LogP contribution is -2.41. The smallest absolute Gasteiger partial charge is 0.584 e. The van der Waals surface area contributed by atoms with E-state index in [2.05, 4.69) is 6.58 Å². The van der Waals surface area contributed by atoms with Gasteiger partial charge in [0.1, 0.15) is 12.8 Å². The molecule has 0 aromatic rings. The largest absolute Gasteiger partial charge is 0.610 e. The molecule has 0 aromatic carbocycles. The third-order valence-corrected chi connectivity index (χ3v) is 2.52. The van der Waals surface area contributed by atoms with Crippen LogP contribution in [0.4, 0.5) is 0 Å². The summed E-state index contributed by atoms with van der Waals surface area (Å²) < 4.78 is 10.1. The van der Waals surface area contributed by atoms with Gasteiger partial charge in [-0.25, -0.2) is 0 Å². The summed E-state index contributed by atoms with van der Waals surface area (Å²) in [6.07, 6.45) is 0.386. The van der Waals surface area contributed by atoms with E-state index in [4.69, 9.17) is 9.31 Å². The molecule has 0 saturated carbocycles. The van der Waals surface area contributed by atoms with E-state index in [-0.39, 0.29) is 24.8 Å². The predicted octanol–water partition coefficient (Wildman–Crippen LogP) is 0.551. The van der Waals surface area contributed by atoms with Gasteiger partial charge < -0.3 is 9.31 Å². The third kappa shape index (κ3) is 0.962. The molecule has 0 atom stereocenters. The van der Waals surface area contributed by atoms with Crippen molar-refractivity contribution in [3.05, 3.63) is 17.9 Å². The summed E-state index contributed by atoms with van der Waals surface area (Å²) in [7, 11) is 0. The molecule has 2 rings (SSSR count). The number of fused-ring (bicyclic) bond motifs is 1. The Balaban J connectivity index is 2.37. The zero-order valence-electron chi connectivity index (χ0n) is 7.33. The Bertz CT molecular complexity index is 289. The average molecular weight is 180 g/mol. The second-order valence-electron chi connectivity index (χ2n) is 3.55. The van der Waals surface area contributed by atoms with Crippen LogP contribution >= 0.6 is 0 Å². The molecule has 2 aliphatic heterocycles. The van der Waals surface area contributed by atoms with Gasteiger partial charge >= 0.3 is 18.5 Å². The quantitative estimate of drug-likeness (QED) is 0.436. The molecule has 0 aromatic heterocycles. The van der Waals surface area contributed by atoms with E-state index in [0.717, 1.165) is 5.82 Å². The van der Waals surface area contributed by atoms with Crippen molar-refractivity contribution in [1.29, 1.82) is 0 Å². The highest BCUT2D eigenvalue weighted by Crippen LogP contribution is 2.43. The number of carbonyl (C=O) groups excluding carboxylic acids is 2. The fourth-order valence-electron chi connectivity index (χ4n) is 1.90. The van der Waals surface area contributed by atoms with Gasteiger partial charge in [-0.05, 0) is 0 Å². The molecule has 2 saturated heterocycles. The van der Waals surface area contributed by atoms with Crippen LogP contribution in [0.15, 0.2) is 12.1 Å². The van der Waals surface area contributed by atoms with E-state index in [1.165, 1.54) is 0 Å². The van der Waals surface area contributed by atoms with Crippen molar-refractivity contribution in [1.82, 2.24) is 0 Å². The van der Waals surface area contributed by atoms with E-state index >= 15 is 0 Å². The van der Waals surface area contributed by atoms with Crippen LogP contribution < -0.4 is 0 Å². The van der Waals surface area contributed by atoms with Crippen LogP contribution in [0, 0.1) is 5.82 Å². The van der Waals surface area contributed by atoms with E-state index in [1.54, 1.807) is 6.92 Å². The maximum Gasteiger partial charge on any atom is 0.584 e. The van der Waals surface area contributed by atoms with Crippen molar-refractivity contribution in [2.75, 3.05) is 0 Å². The van der Waals surface area contributed by atoms with Crippen molar-refractivity contribution < 1.29 is 18.9 Å². The molecule has 0 N–H and O–H groups in total. The minimum Gasteiger partial charge on any atom is -0.610 e. The van der Waals surface area contributed by atoms with E-state index in [1.807, 2.05) is 0 Å². The topological polar surface area (TPSA) is 52.6 Å². The van der Waals surface area contributed by atoms with Gasteiger partial charge in [0.25, 0.3) is 0 Å². The lowest BCUT2D eigenvalue weighted by atomic mass is 9.44. The summed E-state index contributed by atoms with van der Waals surface area (Å²) in [6.45, 7) is 3.47. The Morgan fingerprint density at radius 3 is 2.15 bits per heavy atom. The first kappa shape index (κ1) is 8.22. The van der Waals surface area contributed by atoms with Crippen molar-refractivity contribution in [3.8, 4) is 0 Å². The van der Waals surface area contributed by atoms with Gasteiger partial charge in [-0.3, -0.25) is 9.59 Å². The second kappa shape index (κ2) is 2.31.